The summed E-state index contributed by atoms with van der Waals surface area (Å²) in [4.78, 5) is 12.1. The van der Waals surface area contributed by atoms with E-state index in [2.05, 4.69) is 5.32 Å². The molecule has 0 unspecified atom stereocenters. The molecule has 1 amide bonds. The number of aliphatic hydroxyl groups is 1. The number of ether oxygens (including phenoxy) is 1. The van der Waals surface area contributed by atoms with Crippen molar-refractivity contribution >= 4 is 16.8 Å². The molecular weight excluding hydrogens is 316 g/mol. The molecule has 0 saturated carbocycles. The highest BCUT2D eigenvalue weighted by Gasteiger charge is 2.11. The van der Waals surface area contributed by atoms with Crippen molar-refractivity contribution < 1.29 is 14.6 Å². The van der Waals surface area contributed by atoms with Crippen LogP contribution in [0.3, 0.4) is 0 Å². The second-order valence-electron chi connectivity index (χ2n) is 6.09. The molecule has 1 heterocycles. The van der Waals surface area contributed by atoms with Crippen LogP contribution in [0, 0.1) is 0 Å². The number of amides is 1. The Labute approximate surface area is 146 Å². The molecule has 0 aliphatic heterocycles. The van der Waals surface area contributed by atoms with Gasteiger partial charge in [-0.15, -0.1) is 0 Å². The zero-order valence-electron chi connectivity index (χ0n) is 14.4. The van der Waals surface area contributed by atoms with Crippen molar-refractivity contribution in [3.63, 3.8) is 0 Å². The lowest BCUT2D eigenvalue weighted by atomic mass is 10.1. The summed E-state index contributed by atoms with van der Waals surface area (Å²) in [7, 11) is 3.58. The molecule has 0 saturated heterocycles. The molecule has 3 aromatic rings. The van der Waals surface area contributed by atoms with Gasteiger partial charge in [0.15, 0.2) is 0 Å². The number of aliphatic hydroxyl groups excluding tert-OH is 1. The van der Waals surface area contributed by atoms with E-state index in [0.717, 1.165) is 27.8 Å². The van der Waals surface area contributed by atoms with Crippen molar-refractivity contribution in [2.24, 2.45) is 7.05 Å². The Hall–Kier alpha value is -2.79. The van der Waals surface area contributed by atoms with Crippen LogP contribution in [-0.2, 0) is 18.3 Å². The maximum Gasteiger partial charge on any atom is 0.224 e. The van der Waals surface area contributed by atoms with E-state index in [9.17, 15) is 9.90 Å². The van der Waals surface area contributed by atoms with E-state index in [-0.39, 0.29) is 18.9 Å². The van der Waals surface area contributed by atoms with Crippen LogP contribution >= 0.6 is 0 Å². The smallest absolute Gasteiger partial charge is 0.224 e. The van der Waals surface area contributed by atoms with Crippen LogP contribution in [0.1, 0.15) is 17.2 Å². The largest absolute Gasteiger partial charge is 0.497 e. The number of aromatic nitrogens is 1. The van der Waals surface area contributed by atoms with Gasteiger partial charge in [-0.05, 0) is 46.8 Å². The molecule has 0 aliphatic carbocycles. The van der Waals surface area contributed by atoms with E-state index in [1.807, 2.05) is 66.3 Å². The molecule has 0 spiro atoms. The summed E-state index contributed by atoms with van der Waals surface area (Å²) in [5.41, 5.74) is 2.77. The molecule has 0 fully saturated rings. The number of fused-ring (bicyclic) bond motifs is 1. The van der Waals surface area contributed by atoms with Crippen LogP contribution in [-0.4, -0.2) is 29.2 Å². The van der Waals surface area contributed by atoms with Gasteiger partial charge in [-0.25, -0.2) is 0 Å². The van der Waals surface area contributed by atoms with Crippen LogP contribution in [0.5, 0.6) is 5.75 Å². The maximum atomic E-state index is 12.1. The number of carbonyl (C=O) groups excluding carboxylic acids is 1. The van der Waals surface area contributed by atoms with Gasteiger partial charge in [0.05, 0.1) is 19.6 Å². The Bertz CT molecular complexity index is 886. The van der Waals surface area contributed by atoms with Gasteiger partial charge in [-0.2, -0.15) is 0 Å². The van der Waals surface area contributed by atoms with Gasteiger partial charge in [0.2, 0.25) is 5.91 Å². The van der Waals surface area contributed by atoms with Crippen LogP contribution in [0.25, 0.3) is 10.9 Å². The number of hydrogen-bond acceptors (Lipinski definition) is 3. The number of rotatable bonds is 6. The zero-order chi connectivity index (χ0) is 17.8. The van der Waals surface area contributed by atoms with Gasteiger partial charge in [-0.1, -0.05) is 18.2 Å². The van der Waals surface area contributed by atoms with Crippen molar-refractivity contribution in [3.05, 3.63) is 65.9 Å². The highest BCUT2D eigenvalue weighted by molar-refractivity contribution is 5.81. The van der Waals surface area contributed by atoms with Crippen molar-refractivity contribution in [3.8, 4) is 5.75 Å². The Balaban J connectivity index is 1.58. The van der Waals surface area contributed by atoms with Crippen molar-refractivity contribution in [2.75, 3.05) is 13.7 Å². The predicted molar refractivity (Wildman–Crippen MR) is 97.6 cm³/mol. The van der Waals surface area contributed by atoms with Crippen LogP contribution in [0.15, 0.2) is 54.7 Å². The van der Waals surface area contributed by atoms with Gasteiger partial charge in [0.25, 0.3) is 0 Å². The van der Waals surface area contributed by atoms with Gasteiger partial charge in [-0.3, -0.25) is 4.79 Å². The fourth-order valence-electron chi connectivity index (χ4n) is 2.87. The van der Waals surface area contributed by atoms with E-state index in [1.54, 1.807) is 7.11 Å². The fourth-order valence-corrected chi connectivity index (χ4v) is 2.87. The molecule has 2 N–H and O–H groups in total. The summed E-state index contributed by atoms with van der Waals surface area (Å²) in [5, 5.41) is 14.2. The molecule has 130 valence electrons. The topological polar surface area (TPSA) is 63.5 Å². The Kier molecular flexibility index (Phi) is 5.05. The third-order valence-corrected chi connectivity index (χ3v) is 4.29. The Morgan fingerprint density at radius 2 is 2.08 bits per heavy atom. The molecular formula is C20H22N2O3. The zero-order valence-corrected chi connectivity index (χ0v) is 14.4. The first kappa shape index (κ1) is 17.0. The average molecular weight is 338 g/mol. The summed E-state index contributed by atoms with van der Waals surface area (Å²) in [5.74, 6) is 0.592. The third kappa shape index (κ3) is 4.00. The minimum absolute atomic E-state index is 0.131. The standard InChI is InChI=1S/C20H22N2O3/c1-22-9-8-15-12-16(6-7-18(15)22)19(23)13-21-20(24)11-14-4-3-5-17(10-14)25-2/h3-10,12,19,23H,11,13H2,1-2H3,(H,21,24)/t19-/m0/s1. The second-order valence-corrected chi connectivity index (χ2v) is 6.09. The monoisotopic (exact) mass is 338 g/mol. The first-order chi connectivity index (χ1) is 12.1. The summed E-state index contributed by atoms with van der Waals surface area (Å²) in [6.45, 7) is 0.182. The highest BCUT2D eigenvalue weighted by Crippen LogP contribution is 2.21. The van der Waals surface area contributed by atoms with Gasteiger partial charge >= 0.3 is 0 Å². The molecule has 25 heavy (non-hydrogen) atoms. The summed E-state index contributed by atoms with van der Waals surface area (Å²) < 4.78 is 7.19. The SMILES string of the molecule is COc1cccc(CC(=O)NC[C@H](O)c2ccc3c(ccn3C)c2)c1. The lowest BCUT2D eigenvalue weighted by Gasteiger charge is -2.13. The second kappa shape index (κ2) is 7.40. The molecule has 0 radical (unpaired) electrons. The normalized spacial score (nSPS) is 12.1. The summed E-state index contributed by atoms with van der Waals surface area (Å²) in [6, 6.07) is 15.2. The third-order valence-electron chi connectivity index (χ3n) is 4.29. The molecule has 2 aromatic carbocycles. The van der Waals surface area contributed by atoms with E-state index >= 15 is 0 Å². The molecule has 1 atom stereocenters. The van der Waals surface area contributed by atoms with Gasteiger partial charge in [0, 0.05) is 25.3 Å². The van der Waals surface area contributed by atoms with Crippen molar-refractivity contribution in [1.82, 2.24) is 9.88 Å². The summed E-state index contributed by atoms with van der Waals surface area (Å²) >= 11 is 0. The van der Waals surface area contributed by atoms with Crippen molar-refractivity contribution in [2.45, 2.75) is 12.5 Å². The Morgan fingerprint density at radius 3 is 2.88 bits per heavy atom. The number of aryl methyl sites for hydroxylation is 1. The van der Waals surface area contributed by atoms with Gasteiger partial charge < -0.3 is 19.7 Å². The number of carbonyl (C=O) groups is 1. The number of nitrogens with one attached hydrogen (secondary N) is 1. The van der Waals surface area contributed by atoms with E-state index < -0.39 is 6.10 Å². The lowest BCUT2D eigenvalue weighted by Crippen LogP contribution is -2.29. The first-order valence-electron chi connectivity index (χ1n) is 8.19. The number of benzene rings is 2. The predicted octanol–water partition coefficient (Wildman–Crippen LogP) is 2.58. The van der Waals surface area contributed by atoms with Crippen LogP contribution < -0.4 is 10.1 Å². The lowest BCUT2D eigenvalue weighted by molar-refractivity contribution is -0.120. The van der Waals surface area contributed by atoms with E-state index in [4.69, 9.17) is 4.74 Å². The summed E-state index contributed by atoms with van der Waals surface area (Å²) in [6.07, 6.45) is 1.50. The minimum Gasteiger partial charge on any atom is -0.497 e. The molecule has 5 nitrogen and oxygen atoms in total. The number of methoxy groups -OCH3 is 1. The van der Waals surface area contributed by atoms with Gasteiger partial charge in [0.1, 0.15) is 5.75 Å². The van der Waals surface area contributed by atoms with E-state index in [0.29, 0.717) is 0 Å². The first-order valence-corrected chi connectivity index (χ1v) is 8.19. The number of hydrogen-bond donors (Lipinski definition) is 2. The molecule has 0 bridgehead atoms. The van der Waals surface area contributed by atoms with Crippen LogP contribution in [0.4, 0.5) is 0 Å². The fraction of sp³-hybridized carbons (Fsp3) is 0.250. The molecule has 5 heteroatoms. The average Bonchev–Trinajstić information content (AvgIpc) is 3.00. The minimum atomic E-state index is -0.737. The number of nitrogens with zero attached hydrogens (tertiary/aromatic N) is 1. The molecule has 0 aliphatic rings. The van der Waals surface area contributed by atoms with E-state index in [1.165, 1.54) is 0 Å². The Morgan fingerprint density at radius 1 is 1.24 bits per heavy atom. The molecule has 1 aromatic heterocycles. The highest BCUT2D eigenvalue weighted by atomic mass is 16.5. The quantitative estimate of drug-likeness (QED) is 0.726. The van der Waals surface area contributed by atoms with Crippen LogP contribution in [0.2, 0.25) is 0 Å². The van der Waals surface area contributed by atoms with Crippen molar-refractivity contribution in [1.29, 1.82) is 0 Å². The maximum absolute atomic E-state index is 12.1. The molecule has 3 rings (SSSR count).